The molecule has 0 aromatic heterocycles. The van der Waals surface area contributed by atoms with Crippen molar-refractivity contribution in [2.45, 2.75) is 75.9 Å². The molecule has 11 heteroatoms. The normalized spacial score (nSPS) is 15.6. The predicted octanol–water partition coefficient (Wildman–Crippen LogP) is 10.2. The average Bonchev–Trinajstić information content (AvgIpc) is 3.18. The molecule has 0 bridgehead atoms. The summed E-state index contributed by atoms with van der Waals surface area (Å²) in [5.41, 5.74) is -4.86. The smallest absolute Gasteiger partial charge is 0.302 e. The molecule has 222 valence electrons. The van der Waals surface area contributed by atoms with E-state index >= 15 is 22.0 Å². The molecule has 0 amide bonds. The van der Waals surface area contributed by atoms with Gasteiger partial charge in [0.2, 0.25) is 5.82 Å². The highest BCUT2D eigenvalue weighted by molar-refractivity contribution is 6.95. The first-order valence-electron chi connectivity index (χ1n) is 13.7. The highest BCUT2D eigenvalue weighted by atomic mass is 28.4. The summed E-state index contributed by atoms with van der Waals surface area (Å²) >= 11 is 0. The molecule has 3 aromatic rings. The molecular formula is C30H32F8OSi2. The largest absolute Gasteiger partial charge is 0.539 e. The van der Waals surface area contributed by atoms with Gasteiger partial charge in [0.05, 0.1) is 13.6 Å². The Labute approximate surface area is 236 Å². The lowest BCUT2D eigenvalue weighted by Crippen LogP contribution is -2.55. The second kappa shape index (κ2) is 11.2. The summed E-state index contributed by atoms with van der Waals surface area (Å²) in [5.74, 6) is -17.8. The molecule has 0 aliphatic heterocycles. The molecule has 4 rings (SSSR count). The van der Waals surface area contributed by atoms with Crippen LogP contribution in [0.2, 0.25) is 29.3 Å². The Morgan fingerprint density at radius 2 is 1.34 bits per heavy atom. The Hall–Kier alpha value is -2.67. The van der Waals surface area contributed by atoms with Crippen LogP contribution in [0.5, 0.6) is 5.75 Å². The van der Waals surface area contributed by atoms with Crippen molar-refractivity contribution in [2.75, 3.05) is 0 Å². The van der Waals surface area contributed by atoms with E-state index in [4.69, 9.17) is 4.43 Å². The zero-order valence-electron chi connectivity index (χ0n) is 23.5. The maximum absolute atomic E-state index is 16.2. The van der Waals surface area contributed by atoms with Crippen molar-refractivity contribution >= 4 is 16.4 Å². The van der Waals surface area contributed by atoms with Gasteiger partial charge in [0, 0.05) is 22.7 Å². The quantitative estimate of drug-likeness (QED) is 0.0953. The number of halogens is 8. The molecule has 1 unspecified atom stereocenters. The summed E-state index contributed by atoms with van der Waals surface area (Å²) in [4.78, 5) is 0. The Morgan fingerprint density at radius 3 is 1.88 bits per heavy atom. The molecule has 3 aromatic carbocycles. The third-order valence-electron chi connectivity index (χ3n) is 8.97. The van der Waals surface area contributed by atoms with Gasteiger partial charge in [0.15, 0.2) is 34.8 Å². The van der Waals surface area contributed by atoms with Crippen molar-refractivity contribution in [3.8, 4) is 16.9 Å². The number of hydrogen-bond donors (Lipinski definition) is 0. The zero-order valence-corrected chi connectivity index (χ0v) is 25.5. The lowest BCUT2D eigenvalue weighted by atomic mass is 10.0. The van der Waals surface area contributed by atoms with E-state index in [2.05, 4.69) is 20.8 Å². The lowest BCUT2D eigenvalue weighted by Gasteiger charge is -2.42. The van der Waals surface area contributed by atoms with E-state index in [9.17, 15) is 13.2 Å². The topological polar surface area (TPSA) is 9.23 Å². The standard InChI is InChI=1S/C30H32F8OSi2/c1-6-40(7-2,8-3)16-41(17(4)5,15-18-12-10-9-11-13-18)39-29-26(34)22-21-19(14-20(31)24(32)25(21)33)30(37,38)23(22)27(35)28(29)36/h9-14,17H,6-8,15-16H2,1-5H3. The minimum absolute atomic E-state index is 0.0165. The summed E-state index contributed by atoms with van der Waals surface area (Å²) in [7, 11) is -5.40. The van der Waals surface area contributed by atoms with Crippen LogP contribution in [-0.4, -0.2) is 16.4 Å². The third-order valence-corrected chi connectivity index (χ3v) is 22.6. The van der Waals surface area contributed by atoms with Crippen LogP contribution in [-0.2, 0) is 12.0 Å². The van der Waals surface area contributed by atoms with Crippen molar-refractivity contribution in [3.05, 3.63) is 88.0 Å². The lowest BCUT2D eigenvalue weighted by molar-refractivity contribution is 0.0425. The van der Waals surface area contributed by atoms with Crippen LogP contribution >= 0.6 is 0 Å². The van der Waals surface area contributed by atoms with Crippen LogP contribution in [0.1, 0.15) is 51.3 Å². The Bertz CT molecular complexity index is 1450. The fraction of sp³-hybridized carbons (Fsp3) is 0.400. The average molecular weight is 617 g/mol. The maximum Gasteiger partial charge on any atom is 0.302 e. The van der Waals surface area contributed by atoms with Crippen LogP contribution in [0.15, 0.2) is 36.4 Å². The van der Waals surface area contributed by atoms with Crippen molar-refractivity contribution in [3.63, 3.8) is 0 Å². The predicted molar refractivity (Wildman–Crippen MR) is 148 cm³/mol. The molecule has 41 heavy (non-hydrogen) atoms. The van der Waals surface area contributed by atoms with Gasteiger partial charge in [-0.1, -0.05) is 83.1 Å². The highest BCUT2D eigenvalue weighted by Crippen LogP contribution is 2.57. The third kappa shape index (κ3) is 5.02. The Kier molecular flexibility index (Phi) is 8.54. The van der Waals surface area contributed by atoms with Gasteiger partial charge in [-0.25, -0.2) is 22.0 Å². The first-order valence-corrected chi connectivity index (χ1v) is 18.9. The summed E-state index contributed by atoms with van der Waals surface area (Å²) in [6.45, 7) is 9.90. The number of hydrogen-bond acceptors (Lipinski definition) is 1. The van der Waals surface area contributed by atoms with Crippen molar-refractivity contribution in [1.29, 1.82) is 0 Å². The van der Waals surface area contributed by atoms with E-state index in [1.165, 1.54) is 0 Å². The fourth-order valence-electron chi connectivity index (χ4n) is 6.04. The van der Waals surface area contributed by atoms with Crippen LogP contribution in [0, 0.1) is 34.9 Å². The molecule has 0 saturated heterocycles. The van der Waals surface area contributed by atoms with Crippen molar-refractivity contribution < 1.29 is 39.5 Å². The first-order chi connectivity index (χ1) is 19.2. The minimum atomic E-state index is -4.52. The molecule has 0 heterocycles. The molecule has 0 N–H and O–H groups in total. The van der Waals surface area contributed by atoms with Crippen LogP contribution in [0.25, 0.3) is 11.1 Å². The molecule has 1 aliphatic carbocycles. The Morgan fingerprint density at radius 1 is 0.756 bits per heavy atom. The maximum atomic E-state index is 16.2. The number of benzene rings is 3. The molecule has 0 fully saturated rings. The van der Waals surface area contributed by atoms with E-state index in [1.54, 1.807) is 0 Å². The van der Waals surface area contributed by atoms with Gasteiger partial charge in [-0.3, -0.25) is 0 Å². The summed E-state index contributed by atoms with van der Waals surface area (Å²) < 4.78 is 127. The number of rotatable bonds is 10. The molecule has 0 radical (unpaired) electrons. The summed E-state index contributed by atoms with van der Waals surface area (Å²) in [6, 6.07) is 12.0. The van der Waals surface area contributed by atoms with Gasteiger partial charge in [-0.15, -0.1) is 0 Å². The van der Waals surface area contributed by atoms with Gasteiger partial charge >= 0.3 is 5.92 Å². The highest BCUT2D eigenvalue weighted by Gasteiger charge is 2.54. The van der Waals surface area contributed by atoms with E-state index in [1.807, 2.05) is 44.2 Å². The monoisotopic (exact) mass is 616 g/mol. The van der Waals surface area contributed by atoms with Gasteiger partial charge in [0.25, 0.3) is 8.32 Å². The second-order valence-electron chi connectivity index (χ2n) is 11.2. The minimum Gasteiger partial charge on any atom is -0.539 e. The van der Waals surface area contributed by atoms with E-state index in [-0.39, 0.29) is 11.6 Å². The fourth-order valence-corrected chi connectivity index (χ4v) is 20.3. The second-order valence-corrected chi connectivity index (χ2v) is 21.6. The molecule has 0 spiro atoms. The van der Waals surface area contributed by atoms with E-state index in [0.717, 1.165) is 23.7 Å². The van der Waals surface area contributed by atoms with Gasteiger partial charge in [0.1, 0.15) is 0 Å². The van der Waals surface area contributed by atoms with Gasteiger partial charge < -0.3 is 4.43 Å². The van der Waals surface area contributed by atoms with E-state index < -0.39 is 85.2 Å². The molecular weight excluding hydrogens is 584 g/mol. The first kappa shape index (κ1) is 31.3. The molecule has 0 saturated carbocycles. The van der Waals surface area contributed by atoms with E-state index in [0.29, 0.717) is 11.7 Å². The van der Waals surface area contributed by atoms with Gasteiger partial charge in [-0.2, -0.15) is 13.2 Å². The van der Waals surface area contributed by atoms with Crippen molar-refractivity contribution in [2.24, 2.45) is 0 Å². The summed E-state index contributed by atoms with van der Waals surface area (Å²) in [5, 5.41) is 0. The SMILES string of the molecule is CC[Si](CC)(CC)C[Si](Cc1ccccc1)(Oc1c(F)c(F)c2c(c1F)-c1c(cc(F)c(F)c1F)C2(F)F)C(C)C. The zero-order chi connectivity index (χ0) is 30.5. The van der Waals surface area contributed by atoms with Crippen LogP contribution in [0.3, 0.4) is 0 Å². The van der Waals surface area contributed by atoms with Gasteiger partial charge in [-0.05, 0) is 22.8 Å². The summed E-state index contributed by atoms with van der Waals surface area (Å²) in [6.07, 6.45) is 0. The van der Waals surface area contributed by atoms with Crippen LogP contribution in [0.4, 0.5) is 35.1 Å². The molecule has 1 aliphatic rings. The molecule has 1 nitrogen and oxygen atoms in total. The molecule has 1 atom stereocenters. The number of fused-ring (bicyclic) bond motifs is 3. The Balaban J connectivity index is 2.01. The van der Waals surface area contributed by atoms with Crippen LogP contribution < -0.4 is 4.43 Å². The number of alkyl halides is 2. The van der Waals surface area contributed by atoms with Crippen molar-refractivity contribution in [1.82, 2.24) is 0 Å².